The predicted octanol–water partition coefficient (Wildman–Crippen LogP) is 3.44. The lowest BCUT2D eigenvalue weighted by Crippen LogP contribution is -2.30. The van der Waals surface area contributed by atoms with Crippen molar-refractivity contribution < 1.29 is 4.79 Å². The van der Waals surface area contributed by atoms with E-state index in [2.05, 4.69) is 4.98 Å². The summed E-state index contributed by atoms with van der Waals surface area (Å²) in [6.07, 6.45) is 0.713. The van der Waals surface area contributed by atoms with Crippen molar-refractivity contribution >= 4 is 52.6 Å². The van der Waals surface area contributed by atoms with E-state index < -0.39 is 0 Å². The van der Waals surface area contributed by atoms with Crippen LogP contribution in [0.15, 0.2) is 17.5 Å². The Hall–Kier alpha value is -0.660. The summed E-state index contributed by atoms with van der Waals surface area (Å²) in [5.41, 5.74) is 6.00. The number of thiazole rings is 1. The molecule has 0 aliphatic rings. The largest absolute Gasteiger partial charge is 0.332 e. The van der Waals surface area contributed by atoms with Gasteiger partial charge in [0.1, 0.15) is 5.69 Å². The number of thiophene rings is 1. The number of hydrogen-bond acceptors (Lipinski definition) is 5. The molecule has 2 aromatic rings. The van der Waals surface area contributed by atoms with E-state index in [0.29, 0.717) is 31.7 Å². The molecule has 0 saturated carbocycles. The van der Waals surface area contributed by atoms with Crippen LogP contribution in [-0.2, 0) is 13.0 Å². The van der Waals surface area contributed by atoms with Crippen molar-refractivity contribution in [3.63, 3.8) is 0 Å². The van der Waals surface area contributed by atoms with Gasteiger partial charge in [0.05, 0.1) is 15.9 Å². The van der Waals surface area contributed by atoms with Crippen LogP contribution in [0.4, 0.5) is 0 Å². The van der Waals surface area contributed by atoms with Crippen LogP contribution in [0.5, 0.6) is 0 Å². The van der Waals surface area contributed by atoms with Crippen LogP contribution >= 0.6 is 46.7 Å². The summed E-state index contributed by atoms with van der Waals surface area (Å²) in [5, 5.41) is 2.71. The Morgan fingerprint density at radius 1 is 1.48 bits per heavy atom. The van der Waals surface area contributed by atoms with E-state index in [4.69, 9.17) is 17.3 Å². The molecule has 2 heterocycles. The number of rotatable bonds is 6. The molecule has 2 N–H and O–H groups in total. The number of amides is 1. The molecule has 2 rings (SSSR count). The molecular formula is C13H17Cl2N3OS2. The molecule has 8 heteroatoms. The van der Waals surface area contributed by atoms with Gasteiger partial charge in [0.25, 0.3) is 5.91 Å². The second kappa shape index (κ2) is 8.70. The van der Waals surface area contributed by atoms with Crippen LogP contribution < -0.4 is 5.73 Å². The van der Waals surface area contributed by atoms with Crippen LogP contribution in [0.2, 0.25) is 4.34 Å². The molecule has 0 saturated heterocycles. The van der Waals surface area contributed by atoms with Gasteiger partial charge in [0, 0.05) is 23.2 Å². The SMILES string of the molecule is CCN(Cc1ccc(Cl)s1)C(=O)c1csc(CCN)n1.Cl. The van der Waals surface area contributed by atoms with E-state index in [-0.39, 0.29) is 18.3 Å². The van der Waals surface area contributed by atoms with Gasteiger partial charge in [-0.2, -0.15) is 0 Å². The monoisotopic (exact) mass is 365 g/mol. The third-order valence-electron chi connectivity index (χ3n) is 2.77. The zero-order valence-corrected chi connectivity index (χ0v) is 14.7. The van der Waals surface area contributed by atoms with Gasteiger partial charge in [0.2, 0.25) is 0 Å². The van der Waals surface area contributed by atoms with Gasteiger partial charge in [0.15, 0.2) is 0 Å². The quantitative estimate of drug-likeness (QED) is 0.852. The summed E-state index contributed by atoms with van der Waals surface area (Å²) in [6, 6.07) is 3.80. The molecule has 0 radical (unpaired) electrons. The lowest BCUT2D eigenvalue weighted by Gasteiger charge is -2.18. The van der Waals surface area contributed by atoms with Gasteiger partial charge in [-0.25, -0.2) is 4.98 Å². The fraction of sp³-hybridized carbons (Fsp3) is 0.385. The molecule has 0 aromatic carbocycles. The first-order valence-corrected chi connectivity index (χ1v) is 8.39. The maximum atomic E-state index is 12.4. The number of aromatic nitrogens is 1. The summed E-state index contributed by atoms with van der Waals surface area (Å²) < 4.78 is 0.738. The van der Waals surface area contributed by atoms with E-state index in [1.165, 1.54) is 22.7 Å². The number of nitrogens with two attached hydrogens (primary N) is 1. The summed E-state index contributed by atoms with van der Waals surface area (Å²) in [6.45, 7) is 3.71. The van der Waals surface area contributed by atoms with Crippen LogP contribution in [0.3, 0.4) is 0 Å². The summed E-state index contributed by atoms with van der Waals surface area (Å²) in [4.78, 5) is 19.6. The highest BCUT2D eigenvalue weighted by Gasteiger charge is 2.18. The van der Waals surface area contributed by atoms with Crippen molar-refractivity contribution in [2.75, 3.05) is 13.1 Å². The zero-order valence-electron chi connectivity index (χ0n) is 11.5. The number of carbonyl (C=O) groups is 1. The maximum absolute atomic E-state index is 12.4. The average Bonchev–Trinajstić information content (AvgIpc) is 3.05. The first kappa shape index (κ1) is 18.4. The van der Waals surface area contributed by atoms with Crippen molar-refractivity contribution in [1.29, 1.82) is 0 Å². The van der Waals surface area contributed by atoms with Crippen molar-refractivity contribution in [3.05, 3.63) is 37.4 Å². The molecule has 0 aliphatic carbocycles. The average molecular weight is 366 g/mol. The van der Waals surface area contributed by atoms with Gasteiger partial charge in [-0.1, -0.05) is 11.6 Å². The van der Waals surface area contributed by atoms with E-state index in [9.17, 15) is 4.79 Å². The number of hydrogen-bond donors (Lipinski definition) is 1. The van der Waals surface area contributed by atoms with E-state index in [1.54, 1.807) is 10.3 Å². The lowest BCUT2D eigenvalue weighted by atomic mass is 10.3. The molecule has 2 aromatic heterocycles. The molecule has 0 aliphatic heterocycles. The molecule has 0 bridgehead atoms. The highest BCUT2D eigenvalue weighted by molar-refractivity contribution is 7.16. The van der Waals surface area contributed by atoms with Gasteiger partial charge in [-0.15, -0.1) is 35.1 Å². The molecule has 21 heavy (non-hydrogen) atoms. The zero-order chi connectivity index (χ0) is 14.5. The third kappa shape index (κ3) is 4.93. The Morgan fingerprint density at radius 3 is 2.81 bits per heavy atom. The second-order valence-electron chi connectivity index (χ2n) is 4.19. The van der Waals surface area contributed by atoms with Crippen LogP contribution in [-0.4, -0.2) is 28.9 Å². The van der Waals surface area contributed by atoms with Crippen molar-refractivity contribution in [3.8, 4) is 0 Å². The molecule has 0 spiro atoms. The van der Waals surface area contributed by atoms with Crippen molar-refractivity contribution in [2.24, 2.45) is 5.73 Å². The first-order valence-electron chi connectivity index (χ1n) is 6.32. The first-order chi connectivity index (χ1) is 9.63. The Bertz CT molecular complexity index is 585. The molecule has 0 atom stereocenters. The minimum absolute atomic E-state index is 0. The van der Waals surface area contributed by atoms with Gasteiger partial charge in [-0.3, -0.25) is 4.79 Å². The summed E-state index contributed by atoms with van der Waals surface area (Å²) >= 11 is 8.89. The van der Waals surface area contributed by atoms with E-state index in [1.807, 2.05) is 19.1 Å². The van der Waals surface area contributed by atoms with Gasteiger partial charge in [-0.05, 0) is 25.6 Å². The van der Waals surface area contributed by atoms with Gasteiger partial charge >= 0.3 is 0 Å². The topological polar surface area (TPSA) is 59.2 Å². The van der Waals surface area contributed by atoms with E-state index >= 15 is 0 Å². The van der Waals surface area contributed by atoms with Crippen molar-refractivity contribution in [2.45, 2.75) is 19.9 Å². The second-order valence-corrected chi connectivity index (χ2v) is 6.93. The minimum atomic E-state index is -0.0449. The molecule has 4 nitrogen and oxygen atoms in total. The Balaban J connectivity index is 0.00000220. The molecule has 0 fully saturated rings. The fourth-order valence-corrected chi connectivity index (χ4v) is 3.65. The Kier molecular flexibility index (Phi) is 7.62. The van der Waals surface area contributed by atoms with Crippen LogP contribution in [0.25, 0.3) is 0 Å². The smallest absolute Gasteiger partial charge is 0.273 e. The Morgan fingerprint density at radius 2 is 2.24 bits per heavy atom. The highest BCUT2D eigenvalue weighted by atomic mass is 35.5. The lowest BCUT2D eigenvalue weighted by molar-refractivity contribution is 0.0749. The van der Waals surface area contributed by atoms with Crippen molar-refractivity contribution in [1.82, 2.24) is 9.88 Å². The Labute approximate surface area is 143 Å². The van der Waals surface area contributed by atoms with E-state index in [0.717, 1.165) is 14.2 Å². The molecule has 1 amide bonds. The van der Waals surface area contributed by atoms with Gasteiger partial charge < -0.3 is 10.6 Å². The maximum Gasteiger partial charge on any atom is 0.273 e. The minimum Gasteiger partial charge on any atom is -0.332 e. The number of halogens is 2. The predicted molar refractivity (Wildman–Crippen MR) is 91.9 cm³/mol. The van der Waals surface area contributed by atoms with Crippen LogP contribution in [0, 0.1) is 0 Å². The number of carbonyl (C=O) groups excluding carboxylic acids is 1. The standard InChI is InChI=1S/C13H16ClN3OS2.ClH/c1-2-17(7-9-3-4-11(14)20-9)13(18)10-8-19-12(16-10)5-6-15;/h3-4,8H,2,5-7,15H2,1H3;1H. The number of nitrogens with zero attached hydrogens (tertiary/aromatic N) is 2. The molecule has 0 unspecified atom stereocenters. The molecule has 116 valence electrons. The molecular weight excluding hydrogens is 349 g/mol. The summed E-state index contributed by atoms with van der Waals surface area (Å²) in [5.74, 6) is -0.0449. The van der Waals surface area contributed by atoms with Crippen LogP contribution in [0.1, 0.15) is 27.3 Å². The summed E-state index contributed by atoms with van der Waals surface area (Å²) in [7, 11) is 0. The fourth-order valence-electron chi connectivity index (χ4n) is 1.76. The highest BCUT2D eigenvalue weighted by Crippen LogP contribution is 2.23. The third-order valence-corrected chi connectivity index (χ3v) is 4.90. The normalized spacial score (nSPS) is 10.2.